The van der Waals surface area contributed by atoms with E-state index >= 15 is 0 Å². The maximum atomic E-state index is 10.7. The summed E-state index contributed by atoms with van der Waals surface area (Å²) in [6, 6.07) is 4.62. The van der Waals surface area contributed by atoms with Gasteiger partial charge in [0.15, 0.2) is 0 Å². The number of benzene rings is 1. The van der Waals surface area contributed by atoms with Crippen LogP contribution >= 0.6 is 22.6 Å². The quantitative estimate of drug-likeness (QED) is 0.331. The van der Waals surface area contributed by atoms with Gasteiger partial charge in [0.25, 0.3) is 5.69 Å². The van der Waals surface area contributed by atoms with Crippen LogP contribution in [0, 0.1) is 13.7 Å². The minimum absolute atomic E-state index is 0.0469. The van der Waals surface area contributed by atoms with Gasteiger partial charge in [0.1, 0.15) is 0 Å². The van der Waals surface area contributed by atoms with E-state index in [2.05, 4.69) is 5.32 Å². The predicted octanol–water partition coefficient (Wildman–Crippen LogP) is 1.29. The smallest absolute Gasteiger partial charge is 0.282 e. The van der Waals surface area contributed by atoms with Crippen LogP contribution in [0.25, 0.3) is 0 Å². The molecule has 7 nitrogen and oxygen atoms in total. The molecule has 0 fully saturated rings. The second kappa shape index (κ2) is 6.29. The average Bonchev–Trinajstić information content (AvgIpc) is 2.22. The third-order valence-corrected chi connectivity index (χ3v) is 3.80. The number of nitrogens with zero attached hydrogens (tertiary/aromatic N) is 1. The molecule has 0 bridgehead atoms. The Balaban J connectivity index is 2.54. The van der Waals surface area contributed by atoms with Gasteiger partial charge in [-0.2, -0.15) is 0 Å². The average molecular weight is 385 g/mol. The largest absolute Gasteiger partial charge is 0.385 e. The highest BCUT2D eigenvalue weighted by atomic mass is 127. The first-order valence-corrected chi connectivity index (χ1v) is 7.77. The first kappa shape index (κ1) is 15.1. The third kappa shape index (κ3) is 5.14. The second-order valence-electron chi connectivity index (χ2n) is 3.57. The molecular formula is C9H12IN3O4S. The van der Waals surface area contributed by atoms with Crippen LogP contribution < -0.4 is 10.5 Å². The Kier molecular flexibility index (Phi) is 5.28. The number of rotatable bonds is 6. The van der Waals surface area contributed by atoms with E-state index in [0.717, 1.165) is 0 Å². The van der Waals surface area contributed by atoms with Crippen LogP contribution in [0.2, 0.25) is 0 Å². The molecule has 1 aromatic carbocycles. The Hall–Kier alpha value is -0.940. The number of nitrogens with two attached hydrogens (primary N) is 1. The summed E-state index contributed by atoms with van der Waals surface area (Å²) in [6.45, 7) is 0.435. The molecule has 0 aromatic heterocycles. The fraction of sp³-hybridized carbons (Fsp3) is 0.333. The van der Waals surface area contributed by atoms with Crippen molar-refractivity contribution >= 4 is 44.0 Å². The van der Waals surface area contributed by atoms with Crippen LogP contribution in [0.4, 0.5) is 11.4 Å². The van der Waals surface area contributed by atoms with Gasteiger partial charge in [-0.1, -0.05) is 0 Å². The summed E-state index contributed by atoms with van der Waals surface area (Å²) in [6.07, 6.45) is 0.381. The van der Waals surface area contributed by atoms with Crippen LogP contribution in [-0.4, -0.2) is 25.6 Å². The maximum absolute atomic E-state index is 10.7. The summed E-state index contributed by atoms with van der Waals surface area (Å²) in [5.41, 5.74) is 0.755. The number of sulfonamides is 1. The van der Waals surface area contributed by atoms with Crippen molar-refractivity contribution in [1.29, 1.82) is 0 Å². The summed E-state index contributed by atoms with van der Waals surface area (Å²) in [4.78, 5) is 10.2. The Bertz CT molecular complexity index is 547. The second-order valence-corrected chi connectivity index (χ2v) is 6.47. The number of hydrogen-bond donors (Lipinski definition) is 2. The van der Waals surface area contributed by atoms with Crippen molar-refractivity contribution in [3.8, 4) is 0 Å². The molecule has 0 aliphatic carbocycles. The first-order chi connectivity index (χ1) is 8.29. The molecule has 0 amide bonds. The van der Waals surface area contributed by atoms with Gasteiger partial charge in [0, 0.05) is 18.3 Å². The highest BCUT2D eigenvalue weighted by Crippen LogP contribution is 2.23. The van der Waals surface area contributed by atoms with Gasteiger partial charge in [0.05, 0.1) is 14.2 Å². The lowest BCUT2D eigenvalue weighted by Crippen LogP contribution is -2.18. The van der Waals surface area contributed by atoms with E-state index in [4.69, 9.17) is 5.14 Å². The molecule has 0 aliphatic rings. The lowest BCUT2D eigenvalue weighted by molar-refractivity contribution is -0.385. The zero-order valence-electron chi connectivity index (χ0n) is 9.30. The van der Waals surface area contributed by atoms with Crippen molar-refractivity contribution in [2.24, 2.45) is 5.14 Å². The minimum atomic E-state index is -3.44. The van der Waals surface area contributed by atoms with E-state index in [9.17, 15) is 18.5 Å². The molecule has 0 saturated carbocycles. The monoisotopic (exact) mass is 385 g/mol. The Morgan fingerprint density at radius 1 is 1.44 bits per heavy atom. The van der Waals surface area contributed by atoms with Gasteiger partial charge in [-0.05, 0) is 41.1 Å². The van der Waals surface area contributed by atoms with E-state index in [1.807, 2.05) is 22.6 Å². The third-order valence-electron chi connectivity index (χ3n) is 2.08. The summed E-state index contributed by atoms with van der Waals surface area (Å²) in [7, 11) is -3.44. The molecule has 0 saturated heterocycles. The van der Waals surface area contributed by atoms with E-state index < -0.39 is 14.9 Å². The van der Waals surface area contributed by atoms with Crippen molar-refractivity contribution in [3.63, 3.8) is 0 Å². The molecule has 0 atom stereocenters. The number of primary sulfonamides is 1. The Morgan fingerprint density at radius 2 is 2.11 bits per heavy atom. The fourth-order valence-corrected chi connectivity index (χ4v) is 2.53. The van der Waals surface area contributed by atoms with Gasteiger partial charge < -0.3 is 5.32 Å². The van der Waals surface area contributed by atoms with Crippen molar-refractivity contribution in [1.82, 2.24) is 0 Å². The highest BCUT2D eigenvalue weighted by molar-refractivity contribution is 14.1. The standard InChI is InChI=1S/C9H12IN3O4S/c10-8-6-7(2-3-9(8)13(14)15)12-4-1-5-18(11,16)17/h2-3,6,12H,1,4-5H2,(H2,11,16,17). The maximum Gasteiger partial charge on any atom is 0.282 e. The van der Waals surface area contributed by atoms with Crippen molar-refractivity contribution in [2.75, 3.05) is 17.6 Å². The van der Waals surface area contributed by atoms with E-state index in [0.29, 0.717) is 22.2 Å². The number of anilines is 1. The van der Waals surface area contributed by atoms with Crippen LogP contribution in [0.1, 0.15) is 6.42 Å². The first-order valence-electron chi connectivity index (χ1n) is 4.98. The lowest BCUT2D eigenvalue weighted by atomic mass is 10.3. The number of hydrogen-bond acceptors (Lipinski definition) is 5. The molecular weight excluding hydrogens is 373 g/mol. The fourth-order valence-electron chi connectivity index (χ4n) is 1.27. The number of nitro benzene ring substituents is 1. The topological polar surface area (TPSA) is 115 Å². The van der Waals surface area contributed by atoms with Gasteiger partial charge >= 0.3 is 0 Å². The molecule has 0 unspecified atom stereocenters. The number of halogens is 1. The Morgan fingerprint density at radius 3 is 2.61 bits per heavy atom. The molecule has 1 aromatic rings. The molecule has 9 heteroatoms. The van der Waals surface area contributed by atoms with Crippen LogP contribution in [-0.2, 0) is 10.0 Å². The van der Waals surface area contributed by atoms with Gasteiger partial charge in [-0.25, -0.2) is 13.6 Å². The molecule has 0 aliphatic heterocycles. The van der Waals surface area contributed by atoms with Crippen LogP contribution in [0.15, 0.2) is 18.2 Å². The predicted molar refractivity (Wildman–Crippen MR) is 76.9 cm³/mol. The molecule has 0 radical (unpaired) electrons. The molecule has 100 valence electrons. The SMILES string of the molecule is NS(=O)(=O)CCCNc1ccc([N+](=O)[O-])c(I)c1. The van der Waals surface area contributed by atoms with E-state index in [-0.39, 0.29) is 11.4 Å². The summed E-state index contributed by atoms with van der Waals surface area (Å²) >= 11 is 1.88. The lowest BCUT2D eigenvalue weighted by Gasteiger charge is -2.06. The molecule has 0 spiro atoms. The van der Waals surface area contributed by atoms with Crippen molar-refractivity contribution in [2.45, 2.75) is 6.42 Å². The summed E-state index contributed by atoms with van der Waals surface area (Å²) in [5.74, 6) is -0.0932. The minimum Gasteiger partial charge on any atom is -0.385 e. The normalized spacial score (nSPS) is 11.2. The van der Waals surface area contributed by atoms with Crippen LogP contribution in [0.3, 0.4) is 0 Å². The van der Waals surface area contributed by atoms with Crippen LogP contribution in [0.5, 0.6) is 0 Å². The molecule has 18 heavy (non-hydrogen) atoms. The Labute approximate surface area is 118 Å². The van der Waals surface area contributed by atoms with Crippen molar-refractivity contribution < 1.29 is 13.3 Å². The summed E-state index contributed by atoms with van der Waals surface area (Å²) < 4.78 is 21.9. The van der Waals surface area contributed by atoms with E-state index in [1.165, 1.54) is 6.07 Å². The van der Waals surface area contributed by atoms with Crippen molar-refractivity contribution in [3.05, 3.63) is 31.9 Å². The van der Waals surface area contributed by atoms with E-state index in [1.54, 1.807) is 12.1 Å². The zero-order valence-corrected chi connectivity index (χ0v) is 12.3. The molecule has 1 rings (SSSR count). The summed E-state index contributed by atoms with van der Waals surface area (Å²) in [5, 5.41) is 18.4. The molecule has 0 heterocycles. The molecule has 3 N–H and O–H groups in total. The highest BCUT2D eigenvalue weighted by Gasteiger charge is 2.11. The number of nitro groups is 1. The van der Waals surface area contributed by atoms with Gasteiger partial charge in [-0.3, -0.25) is 10.1 Å². The van der Waals surface area contributed by atoms with Gasteiger partial charge in [0.2, 0.25) is 10.0 Å². The zero-order chi connectivity index (χ0) is 13.8. The van der Waals surface area contributed by atoms with Gasteiger partial charge in [-0.15, -0.1) is 0 Å². The number of nitrogens with one attached hydrogen (secondary N) is 1.